The lowest BCUT2D eigenvalue weighted by Crippen LogP contribution is -2.44. The van der Waals surface area contributed by atoms with E-state index in [9.17, 15) is 18.0 Å². The Morgan fingerprint density at radius 3 is 2.66 bits per heavy atom. The number of hydrogen-bond acceptors (Lipinski definition) is 6. The second-order valence-electron chi connectivity index (χ2n) is 7.93. The molecule has 3 aromatic rings. The summed E-state index contributed by atoms with van der Waals surface area (Å²) in [5.41, 5.74) is 6.84. The Labute approximate surface area is 187 Å². The first kappa shape index (κ1) is 22.3. The van der Waals surface area contributed by atoms with E-state index in [4.69, 9.17) is 5.73 Å². The van der Waals surface area contributed by atoms with Crippen molar-refractivity contribution >= 4 is 38.8 Å². The fourth-order valence-electron chi connectivity index (χ4n) is 3.79. The molecule has 6 nitrogen and oxygen atoms in total. The molecule has 0 spiro atoms. The zero-order valence-electron chi connectivity index (χ0n) is 17.8. The number of piperazine rings is 1. The van der Waals surface area contributed by atoms with Crippen LogP contribution in [0.2, 0.25) is 0 Å². The van der Waals surface area contributed by atoms with Gasteiger partial charge in [0.2, 0.25) is 0 Å². The van der Waals surface area contributed by atoms with Crippen LogP contribution in [0, 0.1) is 24.4 Å². The van der Waals surface area contributed by atoms with Gasteiger partial charge in [0, 0.05) is 50.1 Å². The number of amides is 1. The van der Waals surface area contributed by atoms with Crippen LogP contribution in [0.1, 0.15) is 33.8 Å². The van der Waals surface area contributed by atoms with Crippen molar-refractivity contribution in [3.63, 3.8) is 0 Å². The Kier molecular flexibility index (Phi) is 6.25. The van der Waals surface area contributed by atoms with Crippen LogP contribution >= 0.6 is 11.3 Å². The fraction of sp³-hybridized carbons (Fsp3) is 0.364. The molecule has 0 aliphatic carbocycles. The summed E-state index contributed by atoms with van der Waals surface area (Å²) in [7, 11) is 0. The molecular weight excluding hydrogens is 439 g/mol. The summed E-state index contributed by atoms with van der Waals surface area (Å²) in [4.78, 5) is 19.3. The normalized spacial score (nSPS) is 15.2. The van der Waals surface area contributed by atoms with E-state index in [1.165, 1.54) is 25.1 Å². The molecule has 32 heavy (non-hydrogen) atoms. The van der Waals surface area contributed by atoms with Crippen molar-refractivity contribution < 1.29 is 18.0 Å². The van der Waals surface area contributed by atoms with Gasteiger partial charge in [-0.15, -0.1) is 11.3 Å². The summed E-state index contributed by atoms with van der Waals surface area (Å²) >= 11 is 1.07. The third-order valence-corrected chi connectivity index (χ3v) is 6.79. The third-order valence-electron chi connectivity index (χ3n) is 5.68. The number of rotatable bonds is 5. The van der Waals surface area contributed by atoms with Crippen molar-refractivity contribution in [2.45, 2.75) is 19.8 Å². The van der Waals surface area contributed by atoms with E-state index in [1.54, 1.807) is 6.92 Å². The van der Waals surface area contributed by atoms with Gasteiger partial charge in [-0.1, -0.05) is 6.92 Å². The molecule has 0 unspecified atom stereocenters. The predicted octanol–water partition coefficient (Wildman–Crippen LogP) is 3.55. The highest BCUT2D eigenvalue weighted by Crippen LogP contribution is 2.33. The zero-order chi connectivity index (χ0) is 23.0. The second kappa shape index (κ2) is 8.95. The van der Waals surface area contributed by atoms with E-state index in [-0.39, 0.29) is 34.1 Å². The lowest BCUT2D eigenvalue weighted by Gasteiger charge is -2.30. The number of nitrogens with two attached hydrogens (primary N) is 1. The Morgan fingerprint density at radius 1 is 1.22 bits per heavy atom. The number of fused-ring (bicyclic) bond motifs is 1. The van der Waals surface area contributed by atoms with Gasteiger partial charge in [-0.2, -0.15) is 0 Å². The van der Waals surface area contributed by atoms with Crippen molar-refractivity contribution in [3.05, 3.63) is 51.8 Å². The van der Waals surface area contributed by atoms with Gasteiger partial charge < -0.3 is 21.3 Å². The standard InChI is InChI=1S/C22H24F3N5OS/c1-11(13-7-17(25)18(9-16(13)24)30-5-3-27-4-6-30)10-28-21(31)20-19(26)14-8-15(23)12(2)29-22(14)32-20/h7-9,11,27H,3-6,10,26H2,1-2H3,(H,28,31)/t11-/m1/s1. The molecule has 0 bridgehead atoms. The molecule has 0 radical (unpaired) electrons. The van der Waals surface area contributed by atoms with E-state index in [0.29, 0.717) is 36.4 Å². The van der Waals surface area contributed by atoms with Crippen molar-refractivity contribution in [1.82, 2.24) is 15.6 Å². The van der Waals surface area contributed by atoms with Gasteiger partial charge in [0.15, 0.2) is 0 Å². The molecule has 2 aromatic heterocycles. The molecule has 4 rings (SSSR count). The first-order valence-electron chi connectivity index (χ1n) is 10.3. The molecule has 1 aliphatic rings. The summed E-state index contributed by atoms with van der Waals surface area (Å²) in [6, 6.07) is 3.69. The van der Waals surface area contributed by atoms with E-state index in [2.05, 4.69) is 15.6 Å². The second-order valence-corrected chi connectivity index (χ2v) is 8.93. The summed E-state index contributed by atoms with van der Waals surface area (Å²) in [6.07, 6.45) is 0. The van der Waals surface area contributed by atoms with Crippen LogP contribution in [0.25, 0.3) is 10.2 Å². The van der Waals surface area contributed by atoms with Crippen LogP contribution in [-0.4, -0.2) is 43.6 Å². The number of carbonyl (C=O) groups is 1. The number of pyridine rings is 1. The van der Waals surface area contributed by atoms with Crippen LogP contribution in [0.4, 0.5) is 24.5 Å². The molecule has 1 fully saturated rings. The average Bonchev–Trinajstić information content (AvgIpc) is 3.09. The monoisotopic (exact) mass is 463 g/mol. The van der Waals surface area contributed by atoms with Crippen molar-refractivity contribution in [3.8, 4) is 0 Å². The van der Waals surface area contributed by atoms with Gasteiger partial charge in [-0.3, -0.25) is 4.79 Å². The van der Waals surface area contributed by atoms with E-state index >= 15 is 0 Å². The number of halogens is 3. The first-order valence-corrected chi connectivity index (χ1v) is 11.2. The summed E-state index contributed by atoms with van der Waals surface area (Å²) in [5, 5.41) is 6.28. The number of hydrogen-bond donors (Lipinski definition) is 3. The molecule has 1 atom stereocenters. The highest BCUT2D eigenvalue weighted by atomic mass is 32.1. The van der Waals surface area contributed by atoms with Gasteiger partial charge >= 0.3 is 0 Å². The smallest absolute Gasteiger partial charge is 0.263 e. The average molecular weight is 464 g/mol. The topological polar surface area (TPSA) is 83.3 Å². The number of nitrogens with one attached hydrogen (secondary N) is 2. The first-order chi connectivity index (χ1) is 15.3. The largest absolute Gasteiger partial charge is 0.397 e. The van der Waals surface area contributed by atoms with Crippen LogP contribution < -0.4 is 21.3 Å². The highest BCUT2D eigenvalue weighted by Gasteiger charge is 2.22. The summed E-state index contributed by atoms with van der Waals surface area (Å²) < 4.78 is 43.3. The minimum atomic E-state index is -0.516. The van der Waals surface area contributed by atoms with Gasteiger partial charge in [0.25, 0.3) is 5.91 Å². The molecule has 1 aromatic carbocycles. The number of aryl methyl sites for hydroxylation is 1. The van der Waals surface area contributed by atoms with E-state index < -0.39 is 29.3 Å². The summed E-state index contributed by atoms with van der Waals surface area (Å²) in [5.74, 6) is -2.44. The number of thiophene rings is 1. The SMILES string of the molecule is Cc1nc2sc(C(=O)NC[C@@H](C)c3cc(F)c(N4CCNCC4)cc3F)c(N)c2cc1F. The third kappa shape index (κ3) is 4.24. The Hall–Kier alpha value is -2.85. The lowest BCUT2D eigenvalue weighted by molar-refractivity contribution is 0.0956. The molecule has 3 heterocycles. The molecule has 0 saturated carbocycles. The van der Waals surface area contributed by atoms with Gasteiger partial charge in [-0.05, 0) is 24.6 Å². The van der Waals surface area contributed by atoms with E-state index in [0.717, 1.165) is 11.3 Å². The van der Waals surface area contributed by atoms with Crippen LogP contribution in [0.3, 0.4) is 0 Å². The lowest BCUT2D eigenvalue weighted by atomic mass is 9.99. The number of carbonyl (C=O) groups excluding carboxylic acids is 1. The number of nitrogen functional groups attached to an aromatic ring is 1. The Morgan fingerprint density at radius 2 is 1.94 bits per heavy atom. The van der Waals surface area contributed by atoms with Crippen molar-refractivity contribution in [2.75, 3.05) is 43.4 Å². The van der Waals surface area contributed by atoms with Gasteiger partial charge in [0.1, 0.15) is 27.2 Å². The van der Waals surface area contributed by atoms with Crippen LogP contribution in [-0.2, 0) is 0 Å². The molecule has 1 amide bonds. The maximum Gasteiger partial charge on any atom is 0.263 e. The van der Waals surface area contributed by atoms with Crippen LogP contribution in [0.15, 0.2) is 18.2 Å². The number of nitrogens with zero attached hydrogens (tertiary/aromatic N) is 2. The van der Waals surface area contributed by atoms with Crippen molar-refractivity contribution in [2.24, 2.45) is 0 Å². The quantitative estimate of drug-likeness (QED) is 0.539. The highest BCUT2D eigenvalue weighted by molar-refractivity contribution is 7.21. The minimum Gasteiger partial charge on any atom is -0.397 e. The minimum absolute atomic E-state index is 0.0800. The zero-order valence-corrected chi connectivity index (χ0v) is 18.6. The van der Waals surface area contributed by atoms with Gasteiger partial charge in [-0.25, -0.2) is 18.2 Å². The number of benzene rings is 1. The van der Waals surface area contributed by atoms with Gasteiger partial charge in [0.05, 0.1) is 17.1 Å². The molecule has 10 heteroatoms. The maximum absolute atomic E-state index is 14.8. The fourth-order valence-corrected chi connectivity index (χ4v) is 4.83. The summed E-state index contributed by atoms with van der Waals surface area (Å²) in [6.45, 7) is 5.97. The maximum atomic E-state index is 14.8. The molecule has 1 aliphatic heterocycles. The molecule has 170 valence electrons. The molecular formula is C22H24F3N5OS. The van der Waals surface area contributed by atoms with Crippen LogP contribution in [0.5, 0.6) is 0 Å². The predicted molar refractivity (Wildman–Crippen MR) is 121 cm³/mol. The number of anilines is 2. The Bertz CT molecular complexity index is 1180. The Balaban J connectivity index is 1.48. The molecule has 1 saturated heterocycles. The molecule has 4 N–H and O–H groups in total. The number of aromatic nitrogens is 1. The van der Waals surface area contributed by atoms with Crippen molar-refractivity contribution in [1.29, 1.82) is 0 Å². The van der Waals surface area contributed by atoms with E-state index in [1.807, 2.05) is 4.90 Å².